The van der Waals surface area contributed by atoms with E-state index in [1.807, 2.05) is 0 Å². The molecule has 0 aliphatic heterocycles. The zero-order valence-electron chi connectivity index (χ0n) is 12.6. The molecule has 0 radical (unpaired) electrons. The molecule has 0 saturated heterocycles. The van der Waals surface area contributed by atoms with Crippen LogP contribution in [-0.2, 0) is 9.53 Å². The van der Waals surface area contributed by atoms with Gasteiger partial charge < -0.3 is 9.84 Å². The second-order valence-corrected chi connectivity index (χ2v) is 4.60. The van der Waals surface area contributed by atoms with Gasteiger partial charge in [0.1, 0.15) is 0 Å². The summed E-state index contributed by atoms with van der Waals surface area (Å²) in [5, 5.41) is 8.48. The van der Waals surface area contributed by atoms with Gasteiger partial charge in [0.2, 0.25) is 0 Å². The molecule has 0 bridgehead atoms. The van der Waals surface area contributed by atoms with E-state index in [-0.39, 0.29) is 6.42 Å². The van der Waals surface area contributed by atoms with Crippen molar-refractivity contribution < 1.29 is 14.6 Å². The van der Waals surface area contributed by atoms with Gasteiger partial charge in [-0.25, -0.2) is 0 Å². The van der Waals surface area contributed by atoms with Crippen molar-refractivity contribution >= 4 is 5.97 Å². The number of aliphatic carboxylic acids is 1. The second-order valence-electron chi connectivity index (χ2n) is 4.60. The second kappa shape index (κ2) is 15.7. The Labute approximate surface area is 123 Å². The van der Waals surface area contributed by atoms with Crippen molar-refractivity contribution in [3.05, 3.63) is 36.5 Å². The Morgan fingerprint density at radius 1 is 1.00 bits per heavy atom. The molecule has 114 valence electrons. The first-order chi connectivity index (χ1) is 9.77. The summed E-state index contributed by atoms with van der Waals surface area (Å²) in [5.41, 5.74) is 0. The molecule has 20 heavy (non-hydrogen) atoms. The molecule has 0 unspecified atom stereocenters. The standard InChI is InChI=1S/C17H28O3/c1-2-15-20-16-13-11-9-7-5-3-4-6-8-10-12-14-17(18)19/h4-7,11,13H,2-3,8-10,12,14-16H2,1H3,(H,18,19). The minimum absolute atomic E-state index is 0.280. The highest BCUT2D eigenvalue weighted by Gasteiger charge is 1.93. The van der Waals surface area contributed by atoms with Crippen LogP contribution in [-0.4, -0.2) is 24.3 Å². The molecule has 1 N–H and O–H groups in total. The average Bonchev–Trinajstić information content (AvgIpc) is 2.43. The Morgan fingerprint density at radius 3 is 2.30 bits per heavy atom. The summed E-state index contributed by atoms with van der Waals surface area (Å²) in [7, 11) is 0. The molecule has 3 heteroatoms. The Balaban J connectivity index is 3.32. The highest BCUT2D eigenvalue weighted by atomic mass is 16.5. The van der Waals surface area contributed by atoms with E-state index in [1.165, 1.54) is 0 Å². The minimum atomic E-state index is -0.704. The van der Waals surface area contributed by atoms with Crippen LogP contribution in [0.4, 0.5) is 0 Å². The average molecular weight is 280 g/mol. The highest BCUT2D eigenvalue weighted by Crippen LogP contribution is 2.01. The molecule has 0 amide bonds. The molecule has 0 aromatic heterocycles. The van der Waals surface area contributed by atoms with Crippen LogP contribution >= 0.6 is 0 Å². The van der Waals surface area contributed by atoms with Gasteiger partial charge in [0.15, 0.2) is 0 Å². The number of unbranched alkanes of at least 4 members (excludes halogenated alkanes) is 2. The van der Waals surface area contributed by atoms with Crippen LogP contribution in [0.1, 0.15) is 51.9 Å². The van der Waals surface area contributed by atoms with Crippen molar-refractivity contribution in [3.63, 3.8) is 0 Å². The third kappa shape index (κ3) is 16.6. The lowest BCUT2D eigenvalue weighted by Crippen LogP contribution is -1.92. The van der Waals surface area contributed by atoms with Crippen LogP contribution in [0.25, 0.3) is 0 Å². The van der Waals surface area contributed by atoms with E-state index in [0.29, 0.717) is 6.61 Å². The maximum absolute atomic E-state index is 10.3. The zero-order valence-corrected chi connectivity index (χ0v) is 12.6. The fourth-order valence-electron chi connectivity index (χ4n) is 1.56. The third-order valence-electron chi connectivity index (χ3n) is 2.62. The molecule has 0 heterocycles. The summed E-state index contributed by atoms with van der Waals surface area (Å²) in [6.07, 6.45) is 18.6. The molecular formula is C17H28O3. The lowest BCUT2D eigenvalue weighted by Gasteiger charge is -1.94. The predicted molar refractivity (Wildman–Crippen MR) is 83.9 cm³/mol. The first kappa shape index (κ1) is 18.7. The third-order valence-corrected chi connectivity index (χ3v) is 2.62. The van der Waals surface area contributed by atoms with Crippen molar-refractivity contribution in [1.82, 2.24) is 0 Å². The first-order valence-corrected chi connectivity index (χ1v) is 7.52. The molecule has 0 rings (SSSR count). The molecule has 0 aliphatic carbocycles. The van der Waals surface area contributed by atoms with Crippen molar-refractivity contribution in [2.45, 2.75) is 51.9 Å². The van der Waals surface area contributed by atoms with Gasteiger partial charge in [-0.05, 0) is 38.5 Å². The molecule has 0 saturated carbocycles. The van der Waals surface area contributed by atoms with E-state index in [9.17, 15) is 4.79 Å². The number of ether oxygens (including phenoxy) is 1. The fraction of sp³-hybridized carbons (Fsp3) is 0.588. The number of hydrogen-bond acceptors (Lipinski definition) is 2. The number of rotatable bonds is 13. The molecule has 0 aliphatic rings. The molecule has 0 atom stereocenters. The van der Waals surface area contributed by atoms with Crippen molar-refractivity contribution in [2.24, 2.45) is 0 Å². The summed E-state index contributed by atoms with van der Waals surface area (Å²) in [4.78, 5) is 10.3. The number of carboxylic acid groups (broad SMARTS) is 1. The van der Waals surface area contributed by atoms with Gasteiger partial charge in [-0.2, -0.15) is 0 Å². The summed E-state index contributed by atoms with van der Waals surface area (Å²) >= 11 is 0. The van der Waals surface area contributed by atoms with Crippen LogP contribution in [0.3, 0.4) is 0 Å². The maximum Gasteiger partial charge on any atom is 0.303 e. The van der Waals surface area contributed by atoms with E-state index in [2.05, 4.69) is 43.4 Å². The van der Waals surface area contributed by atoms with Gasteiger partial charge in [-0.1, -0.05) is 43.4 Å². The summed E-state index contributed by atoms with van der Waals surface area (Å²) in [5.74, 6) is -0.704. The molecule has 0 aromatic carbocycles. The number of carbonyl (C=O) groups is 1. The lowest BCUT2D eigenvalue weighted by molar-refractivity contribution is -0.137. The van der Waals surface area contributed by atoms with E-state index in [4.69, 9.17) is 9.84 Å². The molecule has 0 fully saturated rings. The van der Waals surface area contributed by atoms with Crippen molar-refractivity contribution in [2.75, 3.05) is 13.2 Å². The van der Waals surface area contributed by atoms with E-state index in [0.717, 1.165) is 45.1 Å². The van der Waals surface area contributed by atoms with Crippen LogP contribution in [0.15, 0.2) is 36.5 Å². The van der Waals surface area contributed by atoms with Gasteiger partial charge in [-0.15, -0.1) is 0 Å². The largest absolute Gasteiger partial charge is 0.481 e. The SMILES string of the molecule is CCCOCC=CCC=CCC=CCCCCC(=O)O. The monoisotopic (exact) mass is 280 g/mol. The lowest BCUT2D eigenvalue weighted by atomic mass is 10.2. The summed E-state index contributed by atoms with van der Waals surface area (Å²) in [6, 6.07) is 0. The van der Waals surface area contributed by atoms with Crippen LogP contribution in [0.5, 0.6) is 0 Å². The van der Waals surface area contributed by atoms with Gasteiger partial charge in [0, 0.05) is 13.0 Å². The topological polar surface area (TPSA) is 46.5 Å². The van der Waals surface area contributed by atoms with Crippen LogP contribution in [0.2, 0.25) is 0 Å². The molecule has 0 aromatic rings. The van der Waals surface area contributed by atoms with Gasteiger partial charge in [-0.3, -0.25) is 4.79 Å². The van der Waals surface area contributed by atoms with E-state index in [1.54, 1.807) is 0 Å². The van der Waals surface area contributed by atoms with Gasteiger partial charge in [0.05, 0.1) is 6.61 Å². The molecule has 3 nitrogen and oxygen atoms in total. The predicted octanol–water partition coefficient (Wildman–Crippen LogP) is 4.51. The van der Waals surface area contributed by atoms with Crippen LogP contribution in [0, 0.1) is 0 Å². The number of allylic oxidation sites excluding steroid dienone is 5. The van der Waals surface area contributed by atoms with Crippen LogP contribution < -0.4 is 0 Å². The first-order valence-electron chi connectivity index (χ1n) is 7.52. The fourth-order valence-corrected chi connectivity index (χ4v) is 1.56. The Kier molecular flexibility index (Phi) is 14.6. The summed E-state index contributed by atoms with van der Waals surface area (Å²) in [6.45, 7) is 3.64. The Morgan fingerprint density at radius 2 is 1.65 bits per heavy atom. The van der Waals surface area contributed by atoms with Crippen molar-refractivity contribution in [3.8, 4) is 0 Å². The summed E-state index contributed by atoms with van der Waals surface area (Å²) < 4.78 is 5.33. The van der Waals surface area contributed by atoms with E-state index >= 15 is 0 Å². The maximum atomic E-state index is 10.3. The minimum Gasteiger partial charge on any atom is -0.481 e. The molecular weight excluding hydrogens is 252 g/mol. The zero-order chi connectivity index (χ0) is 14.9. The van der Waals surface area contributed by atoms with Crippen molar-refractivity contribution in [1.29, 1.82) is 0 Å². The smallest absolute Gasteiger partial charge is 0.303 e. The highest BCUT2D eigenvalue weighted by molar-refractivity contribution is 5.66. The normalized spacial score (nSPS) is 12.1. The van der Waals surface area contributed by atoms with Gasteiger partial charge >= 0.3 is 5.97 Å². The van der Waals surface area contributed by atoms with Gasteiger partial charge in [0.25, 0.3) is 0 Å². The number of hydrogen-bond donors (Lipinski definition) is 1. The Hall–Kier alpha value is -1.35. The van der Waals surface area contributed by atoms with E-state index < -0.39 is 5.97 Å². The quantitative estimate of drug-likeness (QED) is 0.399. The molecule has 0 spiro atoms. The number of carboxylic acids is 1. The Bertz CT molecular complexity index is 303.